The zero-order valence-corrected chi connectivity index (χ0v) is 17.0. The molecule has 0 bridgehead atoms. The molecule has 8 nitrogen and oxygen atoms in total. The fourth-order valence-electron chi connectivity index (χ4n) is 4.56. The van der Waals surface area contributed by atoms with E-state index in [0.29, 0.717) is 16.8 Å². The molecule has 3 heterocycles. The summed E-state index contributed by atoms with van der Waals surface area (Å²) < 4.78 is 2.04. The summed E-state index contributed by atoms with van der Waals surface area (Å²) in [7, 11) is 0. The Morgan fingerprint density at radius 1 is 1.03 bits per heavy atom. The van der Waals surface area contributed by atoms with Gasteiger partial charge in [0.2, 0.25) is 0 Å². The van der Waals surface area contributed by atoms with Crippen LogP contribution < -0.4 is 0 Å². The van der Waals surface area contributed by atoms with Gasteiger partial charge in [-0.25, -0.2) is 14.8 Å². The largest absolute Gasteiger partial charge is 0.465 e. The number of aromatic nitrogens is 5. The molecule has 3 aromatic rings. The van der Waals surface area contributed by atoms with Crippen LogP contribution in [0.2, 0.25) is 5.02 Å². The molecule has 0 saturated heterocycles. The Labute approximate surface area is 178 Å². The summed E-state index contributed by atoms with van der Waals surface area (Å²) in [5.41, 5.74) is 1.77. The second-order valence-corrected chi connectivity index (χ2v) is 8.31. The number of fused-ring (bicyclic) bond motifs is 3. The molecule has 1 amide bonds. The molecule has 1 saturated carbocycles. The monoisotopic (exact) mass is 424 g/mol. The number of hydrogen-bond donors (Lipinski definition) is 1. The van der Waals surface area contributed by atoms with Gasteiger partial charge in [-0.1, -0.05) is 11.6 Å². The molecule has 2 aliphatic rings. The molecule has 0 unspecified atom stereocenters. The van der Waals surface area contributed by atoms with Gasteiger partial charge in [0.05, 0.1) is 18.8 Å². The minimum absolute atomic E-state index is 0.196. The molecule has 2 aromatic heterocycles. The van der Waals surface area contributed by atoms with Crippen LogP contribution in [-0.4, -0.2) is 40.8 Å². The summed E-state index contributed by atoms with van der Waals surface area (Å²) in [6, 6.07) is 7.43. The van der Waals surface area contributed by atoms with E-state index in [0.717, 1.165) is 48.6 Å². The summed E-state index contributed by atoms with van der Waals surface area (Å²) in [6.07, 6.45) is 6.52. The van der Waals surface area contributed by atoms with Crippen molar-refractivity contribution in [2.24, 2.45) is 0 Å². The van der Waals surface area contributed by atoms with Crippen LogP contribution in [0, 0.1) is 0 Å². The third-order valence-corrected chi connectivity index (χ3v) is 6.28. The van der Waals surface area contributed by atoms with Crippen LogP contribution in [0.5, 0.6) is 0 Å². The number of carbonyl (C=O) groups is 1. The molecule has 0 atom stereocenters. The van der Waals surface area contributed by atoms with E-state index in [-0.39, 0.29) is 19.0 Å². The van der Waals surface area contributed by atoms with Gasteiger partial charge in [-0.3, -0.25) is 9.47 Å². The van der Waals surface area contributed by atoms with Gasteiger partial charge in [-0.05, 0) is 55.5 Å². The van der Waals surface area contributed by atoms with Gasteiger partial charge >= 0.3 is 6.09 Å². The molecule has 1 aromatic carbocycles. The van der Waals surface area contributed by atoms with Gasteiger partial charge < -0.3 is 5.11 Å². The van der Waals surface area contributed by atoms with Crippen LogP contribution in [0.3, 0.4) is 0 Å². The maximum atomic E-state index is 11.7. The molecule has 154 valence electrons. The third kappa shape index (κ3) is 3.41. The Morgan fingerprint density at radius 3 is 2.50 bits per heavy atom. The van der Waals surface area contributed by atoms with E-state index in [4.69, 9.17) is 11.6 Å². The number of halogens is 1. The molecule has 1 fully saturated rings. The van der Waals surface area contributed by atoms with Crippen molar-refractivity contribution in [1.29, 1.82) is 0 Å². The quantitative estimate of drug-likeness (QED) is 0.663. The fraction of sp³-hybridized carbons (Fsp3) is 0.381. The van der Waals surface area contributed by atoms with E-state index >= 15 is 0 Å². The second kappa shape index (κ2) is 7.68. The number of nitrogens with zero attached hydrogens (tertiary/aromatic N) is 6. The summed E-state index contributed by atoms with van der Waals surface area (Å²) >= 11 is 6.20. The van der Waals surface area contributed by atoms with Crippen LogP contribution in [0.25, 0.3) is 5.69 Å². The summed E-state index contributed by atoms with van der Waals surface area (Å²) in [5.74, 6) is 3.07. The van der Waals surface area contributed by atoms with Crippen LogP contribution in [0.4, 0.5) is 4.79 Å². The van der Waals surface area contributed by atoms with Gasteiger partial charge in [0, 0.05) is 29.3 Å². The molecule has 1 aliphatic heterocycles. The number of rotatable bonds is 2. The van der Waals surface area contributed by atoms with Crippen molar-refractivity contribution in [3.05, 3.63) is 64.7 Å². The first-order valence-electron chi connectivity index (χ1n) is 10.1. The van der Waals surface area contributed by atoms with Crippen molar-refractivity contribution in [1.82, 2.24) is 29.6 Å². The van der Waals surface area contributed by atoms with Crippen LogP contribution in [0.1, 0.15) is 60.6 Å². The molecule has 9 heteroatoms. The van der Waals surface area contributed by atoms with E-state index in [1.54, 1.807) is 12.4 Å². The van der Waals surface area contributed by atoms with Gasteiger partial charge in [0.15, 0.2) is 5.82 Å². The van der Waals surface area contributed by atoms with Crippen molar-refractivity contribution in [3.63, 3.8) is 0 Å². The first-order chi connectivity index (χ1) is 14.6. The molecular weight excluding hydrogens is 404 g/mol. The Bertz CT molecular complexity index is 1080. The molecule has 5 rings (SSSR count). The van der Waals surface area contributed by atoms with E-state index in [1.165, 1.54) is 4.90 Å². The van der Waals surface area contributed by atoms with Crippen molar-refractivity contribution < 1.29 is 9.90 Å². The summed E-state index contributed by atoms with van der Waals surface area (Å²) in [6.45, 7) is 0.466. The Morgan fingerprint density at radius 2 is 1.77 bits per heavy atom. The Balaban J connectivity index is 1.47. The lowest BCUT2D eigenvalue weighted by Crippen LogP contribution is -2.27. The summed E-state index contributed by atoms with van der Waals surface area (Å²) in [4.78, 5) is 21.9. The van der Waals surface area contributed by atoms with Gasteiger partial charge in [0.1, 0.15) is 11.6 Å². The maximum absolute atomic E-state index is 11.7. The predicted molar refractivity (Wildman–Crippen MR) is 110 cm³/mol. The van der Waals surface area contributed by atoms with Crippen LogP contribution in [-0.2, 0) is 13.1 Å². The number of carboxylic acid groups (broad SMARTS) is 1. The van der Waals surface area contributed by atoms with Crippen molar-refractivity contribution in [2.45, 2.75) is 50.6 Å². The highest BCUT2D eigenvalue weighted by Gasteiger charge is 2.32. The lowest BCUT2D eigenvalue weighted by atomic mass is 9.81. The van der Waals surface area contributed by atoms with E-state index in [9.17, 15) is 9.90 Å². The summed E-state index contributed by atoms with van der Waals surface area (Å²) in [5, 5.41) is 19.1. The molecule has 30 heavy (non-hydrogen) atoms. The standard InChI is InChI=1S/C21H21ClN6O2/c22-16-6-7-17-15(10-16)11-27(21(29)30)12-18-25-26-20(28(17)18)14-4-2-13(3-5-14)19-23-8-1-9-24-19/h1,6-10,13-14H,2-5,11-12H2,(H,29,30). The number of amides is 1. The molecule has 0 spiro atoms. The average molecular weight is 425 g/mol. The van der Waals surface area contributed by atoms with Gasteiger partial charge in [-0.15, -0.1) is 10.2 Å². The van der Waals surface area contributed by atoms with E-state index in [2.05, 4.69) is 20.2 Å². The van der Waals surface area contributed by atoms with Crippen molar-refractivity contribution in [3.8, 4) is 5.69 Å². The first kappa shape index (κ1) is 19.0. The van der Waals surface area contributed by atoms with Gasteiger partial charge in [0.25, 0.3) is 0 Å². The fourth-order valence-corrected chi connectivity index (χ4v) is 4.75. The molecule has 1 aliphatic carbocycles. The van der Waals surface area contributed by atoms with Crippen molar-refractivity contribution in [2.75, 3.05) is 0 Å². The zero-order chi connectivity index (χ0) is 20.7. The molecule has 1 N–H and O–H groups in total. The van der Waals surface area contributed by atoms with E-state index in [1.807, 2.05) is 28.8 Å². The Hall–Kier alpha value is -3.00. The maximum Gasteiger partial charge on any atom is 0.408 e. The second-order valence-electron chi connectivity index (χ2n) is 7.88. The molecule has 0 radical (unpaired) electrons. The van der Waals surface area contributed by atoms with Crippen molar-refractivity contribution >= 4 is 17.7 Å². The first-order valence-corrected chi connectivity index (χ1v) is 10.5. The zero-order valence-electron chi connectivity index (χ0n) is 16.3. The lowest BCUT2D eigenvalue weighted by molar-refractivity contribution is 0.139. The van der Waals surface area contributed by atoms with Crippen LogP contribution in [0.15, 0.2) is 36.7 Å². The highest BCUT2D eigenvalue weighted by atomic mass is 35.5. The normalized spacial score (nSPS) is 20.9. The SMILES string of the molecule is O=C(O)N1Cc2cc(Cl)ccc2-n2c(nnc2C2CCC(c3ncccn3)CC2)C1. The minimum Gasteiger partial charge on any atom is -0.465 e. The number of benzene rings is 1. The third-order valence-electron chi connectivity index (χ3n) is 6.04. The number of hydrogen-bond acceptors (Lipinski definition) is 5. The molecular formula is C21H21ClN6O2. The highest BCUT2D eigenvalue weighted by Crippen LogP contribution is 2.40. The minimum atomic E-state index is -0.984. The Kier molecular flexibility index (Phi) is 4.86. The van der Waals surface area contributed by atoms with E-state index < -0.39 is 6.09 Å². The van der Waals surface area contributed by atoms with Gasteiger partial charge in [-0.2, -0.15) is 0 Å². The smallest absolute Gasteiger partial charge is 0.408 e. The lowest BCUT2D eigenvalue weighted by Gasteiger charge is -2.27. The average Bonchev–Trinajstić information content (AvgIpc) is 3.10. The topological polar surface area (TPSA) is 97.0 Å². The predicted octanol–water partition coefficient (Wildman–Crippen LogP) is 4.15. The van der Waals surface area contributed by atoms with Crippen LogP contribution >= 0.6 is 11.6 Å². The highest BCUT2D eigenvalue weighted by molar-refractivity contribution is 6.30.